The number of aromatic nitrogens is 1. The fourth-order valence-corrected chi connectivity index (χ4v) is 2.34. The van der Waals surface area contributed by atoms with Crippen LogP contribution in [0.15, 0.2) is 24.4 Å². The average molecular weight is 262 g/mol. The van der Waals surface area contributed by atoms with Gasteiger partial charge in [0, 0.05) is 18.8 Å². The number of hydrogen-bond donors (Lipinski definition) is 0. The van der Waals surface area contributed by atoms with E-state index in [1.54, 1.807) is 6.20 Å². The molecule has 0 aromatic carbocycles. The van der Waals surface area contributed by atoms with E-state index in [4.69, 9.17) is 4.74 Å². The van der Waals surface area contributed by atoms with Crippen LogP contribution in [-0.4, -0.2) is 34.5 Å². The molecule has 2 heterocycles. The van der Waals surface area contributed by atoms with Crippen molar-refractivity contribution in [3.63, 3.8) is 0 Å². The van der Waals surface area contributed by atoms with E-state index in [0.29, 0.717) is 13.0 Å². The summed E-state index contributed by atoms with van der Waals surface area (Å²) in [6.45, 7) is 5.44. The highest BCUT2D eigenvalue weighted by atomic mass is 16.5. The van der Waals surface area contributed by atoms with Gasteiger partial charge in [0.05, 0.1) is 24.8 Å². The molecule has 0 spiro atoms. The number of amides is 1. The van der Waals surface area contributed by atoms with Crippen LogP contribution < -0.4 is 0 Å². The van der Waals surface area contributed by atoms with Gasteiger partial charge in [-0.3, -0.25) is 9.78 Å². The maximum absolute atomic E-state index is 12.4. The zero-order valence-corrected chi connectivity index (χ0v) is 11.7. The van der Waals surface area contributed by atoms with Crippen molar-refractivity contribution in [3.8, 4) is 0 Å². The monoisotopic (exact) mass is 262 g/mol. The van der Waals surface area contributed by atoms with Gasteiger partial charge in [-0.05, 0) is 38.8 Å². The maximum Gasteiger partial charge on any atom is 0.225 e. The van der Waals surface area contributed by atoms with E-state index in [1.807, 2.05) is 36.9 Å². The molecule has 1 saturated heterocycles. The molecule has 19 heavy (non-hydrogen) atoms. The van der Waals surface area contributed by atoms with Crippen molar-refractivity contribution >= 4 is 5.91 Å². The van der Waals surface area contributed by atoms with E-state index < -0.39 is 0 Å². The van der Waals surface area contributed by atoms with Crippen LogP contribution in [0.4, 0.5) is 0 Å². The third kappa shape index (κ3) is 4.03. The minimum absolute atomic E-state index is 0.109. The molecule has 0 aliphatic carbocycles. The van der Waals surface area contributed by atoms with Crippen molar-refractivity contribution < 1.29 is 9.53 Å². The molecule has 0 saturated carbocycles. The van der Waals surface area contributed by atoms with Gasteiger partial charge < -0.3 is 9.64 Å². The van der Waals surface area contributed by atoms with E-state index in [2.05, 4.69) is 4.98 Å². The van der Waals surface area contributed by atoms with Crippen molar-refractivity contribution in [2.24, 2.45) is 0 Å². The topological polar surface area (TPSA) is 42.4 Å². The van der Waals surface area contributed by atoms with Crippen LogP contribution in [0.2, 0.25) is 0 Å². The normalized spacial score (nSPS) is 18.8. The number of rotatable bonds is 5. The van der Waals surface area contributed by atoms with Crippen LogP contribution in [0, 0.1) is 0 Å². The first kappa shape index (κ1) is 14.0. The Hall–Kier alpha value is -1.42. The second-order valence-electron chi connectivity index (χ2n) is 5.28. The molecule has 2 rings (SSSR count). The number of carbonyl (C=O) groups excluding carboxylic acids is 1. The van der Waals surface area contributed by atoms with Gasteiger partial charge in [-0.1, -0.05) is 6.07 Å². The molecule has 1 fully saturated rings. The highest BCUT2D eigenvalue weighted by molar-refractivity contribution is 5.77. The van der Waals surface area contributed by atoms with Crippen LogP contribution in [0.3, 0.4) is 0 Å². The zero-order valence-electron chi connectivity index (χ0n) is 11.7. The molecule has 104 valence electrons. The second-order valence-corrected chi connectivity index (χ2v) is 5.28. The summed E-state index contributed by atoms with van der Waals surface area (Å²) in [6, 6.07) is 5.97. The van der Waals surface area contributed by atoms with Gasteiger partial charge in [0.25, 0.3) is 0 Å². The highest BCUT2D eigenvalue weighted by Crippen LogP contribution is 2.18. The molecule has 1 aliphatic rings. The van der Waals surface area contributed by atoms with Crippen molar-refractivity contribution in [1.29, 1.82) is 0 Å². The smallest absolute Gasteiger partial charge is 0.225 e. The summed E-state index contributed by atoms with van der Waals surface area (Å²) in [5.41, 5.74) is 0.928. The van der Waals surface area contributed by atoms with Crippen molar-refractivity contribution in [1.82, 2.24) is 9.88 Å². The molecule has 0 N–H and O–H groups in total. The minimum atomic E-state index is 0.109. The van der Waals surface area contributed by atoms with E-state index in [0.717, 1.165) is 25.1 Å². The molecule has 1 aliphatic heterocycles. The number of ether oxygens (including phenoxy) is 1. The van der Waals surface area contributed by atoms with E-state index in [9.17, 15) is 4.79 Å². The Morgan fingerprint density at radius 2 is 2.37 bits per heavy atom. The van der Waals surface area contributed by atoms with E-state index in [-0.39, 0.29) is 18.1 Å². The summed E-state index contributed by atoms with van der Waals surface area (Å²) in [4.78, 5) is 18.5. The lowest BCUT2D eigenvalue weighted by Gasteiger charge is -2.27. The molecule has 1 amide bonds. The number of pyridine rings is 1. The van der Waals surface area contributed by atoms with Crippen molar-refractivity contribution in [2.75, 3.05) is 6.61 Å². The fraction of sp³-hybridized carbons (Fsp3) is 0.600. The average Bonchev–Trinajstić information content (AvgIpc) is 2.89. The predicted octanol–water partition coefficient (Wildman–Crippen LogP) is 2.39. The number of hydrogen-bond acceptors (Lipinski definition) is 3. The highest BCUT2D eigenvalue weighted by Gasteiger charge is 2.24. The third-order valence-corrected chi connectivity index (χ3v) is 3.43. The number of carbonyl (C=O) groups is 1. The first-order valence-corrected chi connectivity index (χ1v) is 6.98. The van der Waals surface area contributed by atoms with E-state index >= 15 is 0 Å². The zero-order chi connectivity index (χ0) is 13.7. The first-order valence-electron chi connectivity index (χ1n) is 6.98. The largest absolute Gasteiger partial charge is 0.378 e. The molecule has 0 bridgehead atoms. The summed E-state index contributed by atoms with van der Waals surface area (Å²) in [6.07, 6.45) is 4.43. The minimum Gasteiger partial charge on any atom is -0.378 e. The van der Waals surface area contributed by atoms with Crippen molar-refractivity contribution in [2.45, 2.75) is 51.8 Å². The van der Waals surface area contributed by atoms with Crippen LogP contribution in [0.5, 0.6) is 0 Å². The Morgan fingerprint density at radius 3 is 2.95 bits per heavy atom. The Labute approximate surface area is 114 Å². The molecule has 0 radical (unpaired) electrons. The fourth-order valence-electron chi connectivity index (χ4n) is 2.34. The lowest BCUT2D eigenvalue weighted by Crippen LogP contribution is -2.38. The van der Waals surface area contributed by atoms with Crippen LogP contribution in [0.1, 0.15) is 38.8 Å². The quantitative estimate of drug-likeness (QED) is 0.818. The lowest BCUT2D eigenvalue weighted by atomic mass is 10.1. The van der Waals surface area contributed by atoms with Crippen molar-refractivity contribution in [3.05, 3.63) is 30.1 Å². The maximum atomic E-state index is 12.4. The molecular weight excluding hydrogens is 240 g/mol. The van der Waals surface area contributed by atoms with Gasteiger partial charge in [0.15, 0.2) is 0 Å². The third-order valence-electron chi connectivity index (χ3n) is 3.43. The second kappa shape index (κ2) is 6.66. The van der Waals surface area contributed by atoms with Gasteiger partial charge in [0.2, 0.25) is 5.91 Å². The Kier molecular flexibility index (Phi) is 4.91. The van der Waals surface area contributed by atoms with Crippen LogP contribution in [-0.2, 0) is 16.1 Å². The number of nitrogens with zero attached hydrogens (tertiary/aromatic N) is 2. The Balaban J connectivity index is 1.96. The van der Waals surface area contributed by atoms with Crippen LogP contribution >= 0.6 is 0 Å². The SMILES string of the molecule is CC(C)N(Cc1ccccn1)C(=O)C[C@@H]1CCCO1. The van der Waals surface area contributed by atoms with Gasteiger partial charge >= 0.3 is 0 Å². The molecule has 4 nitrogen and oxygen atoms in total. The summed E-state index contributed by atoms with van der Waals surface area (Å²) in [7, 11) is 0. The summed E-state index contributed by atoms with van der Waals surface area (Å²) in [5, 5.41) is 0. The molecule has 1 aromatic heterocycles. The van der Waals surface area contributed by atoms with Crippen LogP contribution in [0.25, 0.3) is 0 Å². The molecule has 4 heteroatoms. The Morgan fingerprint density at radius 1 is 1.53 bits per heavy atom. The molecular formula is C15H22N2O2. The standard InChI is InChI=1S/C15H22N2O2/c1-12(2)17(11-13-6-3-4-8-16-13)15(18)10-14-7-5-9-19-14/h3-4,6,8,12,14H,5,7,9-11H2,1-2H3/t14-/m0/s1. The summed E-state index contributed by atoms with van der Waals surface area (Å²) < 4.78 is 5.54. The van der Waals surface area contributed by atoms with Gasteiger partial charge in [-0.25, -0.2) is 0 Å². The summed E-state index contributed by atoms with van der Waals surface area (Å²) in [5.74, 6) is 0.160. The predicted molar refractivity (Wildman–Crippen MR) is 73.5 cm³/mol. The first-order chi connectivity index (χ1) is 9.16. The van der Waals surface area contributed by atoms with Gasteiger partial charge in [-0.2, -0.15) is 0 Å². The molecule has 1 atom stereocenters. The van der Waals surface area contributed by atoms with Gasteiger partial charge in [0.1, 0.15) is 0 Å². The molecule has 0 unspecified atom stereocenters. The Bertz CT molecular complexity index is 400. The lowest BCUT2D eigenvalue weighted by molar-refractivity contribution is -0.135. The van der Waals surface area contributed by atoms with E-state index in [1.165, 1.54) is 0 Å². The summed E-state index contributed by atoms with van der Waals surface area (Å²) >= 11 is 0. The van der Waals surface area contributed by atoms with Gasteiger partial charge in [-0.15, -0.1) is 0 Å². The molecule has 1 aromatic rings.